The molecule has 1 amide bonds. The summed E-state index contributed by atoms with van der Waals surface area (Å²) in [7, 11) is 0. The summed E-state index contributed by atoms with van der Waals surface area (Å²) >= 11 is 0. The molecule has 0 spiro atoms. The number of carbonyl (C=O) groups is 1. The van der Waals surface area contributed by atoms with Gasteiger partial charge in [-0.05, 0) is 51.3 Å². The highest BCUT2D eigenvalue weighted by molar-refractivity contribution is 5.86. The van der Waals surface area contributed by atoms with Crippen LogP contribution in [-0.4, -0.2) is 11.7 Å². The maximum absolute atomic E-state index is 11.8. The molecule has 1 aromatic carbocycles. The molecular weight excluding hydrogens is 252 g/mol. The summed E-state index contributed by atoms with van der Waals surface area (Å²) in [6.07, 6.45) is 2.49. The van der Waals surface area contributed by atoms with Crippen LogP contribution in [0.2, 0.25) is 0 Å². The highest BCUT2D eigenvalue weighted by atomic mass is 16.6. The van der Waals surface area contributed by atoms with Crippen molar-refractivity contribution in [2.75, 3.05) is 5.32 Å². The van der Waals surface area contributed by atoms with Gasteiger partial charge in [-0.1, -0.05) is 19.4 Å². The van der Waals surface area contributed by atoms with Gasteiger partial charge in [-0.3, -0.25) is 5.32 Å². The van der Waals surface area contributed by atoms with E-state index in [0.29, 0.717) is 11.3 Å². The van der Waals surface area contributed by atoms with E-state index in [4.69, 9.17) is 10.00 Å². The van der Waals surface area contributed by atoms with Crippen LogP contribution in [0.5, 0.6) is 0 Å². The Kier molecular flexibility index (Phi) is 5.57. The second-order valence-electron chi connectivity index (χ2n) is 5.71. The normalized spacial score (nSPS) is 10.8. The number of carbonyl (C=O) groups excluding carboxylic acids is 1. The third-order valence-corrected chi connectivity index (χ3v) is 2.67. The van der Waals surface area contributed by atoms with Crippen molar-refractivity contribution in [3.05, 3.63) is 29.3 Å². The molecule has 0 bridgehead atoms. The number of ether oxygens (including phenoxy) is 1. The second kappa shape index (κ2) is 6.95. The number of hydrogen-bond donors (Lipinski definition) is 1. The van der Waals surface area contributed by atoms with E-state index < -0.39 is 11.7 Å². The summed E-state index contributed by atoms with van der Waals surface area (Å²) in [5.74, 6) is 0. The molecule has 0 fully saturated rings. The summed E-state index contributed by atoms with van der Waals surface area (Å²) in [6.45, 7) is 7.56. The minimum atomic E-state index is -0.541. The van der Waals surface area contributed by atoms with Crippen molar-refractivity contribution in [1.82, 2.24) is 0 Å². The fraction of sp³-hybridized carbons (Fsp3) is 0.500. The lowest BCUT2D eigenvalue weighted by atomic mass is 10.0. The fourth-order valence-electron chi connectivity index (χ4n) is 1.76. The highest BCUT2D eigenvalue weighted by Crippen LogP contribution is 2.21. The van der Waals surface area contributed by atoms with Gasteiger partial charge in [0, 0.05) is 5.69 Å². The van der Waals surface area contributed by atoms with Crippen LogP contribution in [0.1, 0.15) is 51.7 Å². The van der Waals surface area contributed by atoms with E-state index in [1.54, 1.807) is 12.1 Å². The van der Waals surface area contributed by atoms with Gasteiger partial charge < -0.3 is 4.74 Å². The third-order valence-electron chi connectivity index (χ3n) is 2.67. The zero-order chi connectivity index (χ0) is 15.2. The van der Waals surface area contributed by atoms with Crippen LogP contribution >= 0.6 is 0 Å². The Morgan fingerprint density at radius 1 is 1.40 bits per heavy atom. The van der Waals surface area contributed by atoms with E-state index >= 15 is 0 Å². The number of hydrogen-bond acceptors (Lipinski definition) is 3. The van der Waals surface area contributed by atoms with E-state index in [1.165, 1.54) is 0 Å². The number of nitrogens with one attached hydrogen (secondary N) is 1. The molecule has 0 aromatic heterocycles. The molecule has 0 saturated carbocycles. The fourth-order valence-corrected chi connectivity index (χ4v) is 1.76. The second-order valence-corrected chi connectivity index (χ2v) is 5.71. The molecule has 0 radical (unpaired) electrons. The molecular formula is C16H22N2O2. The first-order valence-electron chi connectivity index (χ1n) is 6.88. The Morgan fingerprint density at radius 2 is 2.10 bits per heavy atom. The number of rotatable bonds is 4. The van der Waals surface area contributed by atoms with E-state index in [9.17, 15) is 4.79 Å². The lowest BCUT2D eigenvalue weighted by Gasteiger charge is -2.20. The van der Waals surface area contributed by atoms with Gasteiger partial charge in [-0.15, -0.1) is 0 Å². The van der Waals surface area contributed by atoms with E-state index in [0.717, 1.165) is 24.8 Å². The van der Waals surface area contributed by atoms with Crippen molar-refractivity contribution in [2.24, 2.45) is 0 Å². The Morgan fingerprint density at radius 3 is 2.65 bits per heavy atom. The smallest absolute Gasteiger partial charge is 0.412 e. The average Bonchev–Trinajstić information content (AvgIpc) is 2.34. The predicted molar refractivity (Wildman–Crippen MR) is 79.6 cm³/mol. The highest BCUT2D eigenvalue weighted by Gasteiger charge is 2.17. The lowest BCUT2D eigenvalue weighted by Crippen LogP contribution is -2.27. The van der Waals surface area contributed by atoms with E-state index in [2.05, 4.69) is 18.3 Å². The molecule has 0 atom stereocenters. The molecule has 0 heterocycles. The SMILES string of the molecule is CCCCc1ccc(C#N)cc1NC(=O)OC(C)(C)C. The van der Waals surface area contributed by atoms with Gasteiger partial charge in [0.25, 0.3) is 0 Å². The Bertz CT molecular complexity index is 510. The number of unbranched alkanes of at least 4 members (excludes halogenated alkanes) is 1. The van der Waals surface area contributed by atoms with Crippen LogP contribution in [0.3, 0.4) is 0 Å². The standard InChI is InChI=1S/C16H22N2O2/c1-5-6-7-13-9-8-12(11-17)10-14(13)18-15(19)20-16(2,3)4/h8-10H,5-7H2,1-4H3,(H,18,19). The molecule has 0 saturated heterocycles. The Hall–Kier alpha value is -2.02. The largest absolute Gasteiger partial charge is 0.444 e. The molecule has 108 valence electrons. The number of aryl methyl sites for hydroxylation is 1. The predicted octanol–water partition coefficient (Wildman–Crippen LogP) is 4.25. The summed E-state index contributed by atoms with van der Waals surface area (Å²) < 4.78 is 5.24. The van der Waals surface area contributed by atoms with Crippen LogP contribution < -0.4 is 5.32 Å². The van der Waals surface area contributed by atoms with Crippen molar-refractivity contribution in [3.63, 3.8) is 0 Å². The van der Waals surface area contributed by atoms with Crippen molar-refractivity contribution in [1.29, 1.82) is 5.26 Å². The number of benzene rings is 1. The van der Waals surface area contributed by atoms with Crippen molar-refractivity contribution >= 4 is 11.8 Å². The van der Waals surface area contributed by atoms with E-state index in [1.807, 2.05) is 26.8 Å². The van der Waals surface area contributed by atoms with Crippen LogP contribution in [0.4, 0.5) is 10.5 Å². The monoisotopic (exact) mass is 274 g/mol. The molecule has 0 aliphatic heterocycles. The zero-order valence-electron chi connectivity index (χ0n) is 12.6. The quantitative estimate of drug-likeness (QED) is 0.892. The van der Waals surface area contributed by atoms with Gasteiger partial charge in [0.1, 0.15) is 5.60 Å². The maximum atomic E-state index is 11.8. The van der Waals surface area contributed by atoms with Gasteiger partial charge >= 0.3 is 6.09 Å². The minimum absolute atomic E-state index is 0.495. The minimum Gasteiger partial charge on any atom is -0.444 e. The van der Waals surface area contributed by atoms with Crippen molar-refractivity contribution < 1.29 is 9.53 Å². The van der Waals surface area contributed by atoms with Gasteiger partial charge in [-0.2, -0.15) is 5.26 Å². The summed E-state index contributed by atoms with van der Waals surface area (Å²) in [5.41, 5.74) is 1.67. The lowest BCUT2D eigenvalue weighted by molar-refractivity contribution is 0.0636. The summed E-state index contributed by atoms with van der Waals surface area (Å²) in [5, 5.41) is 11.7. The van der Waals surface area contributed by atoms with Crippen LogP contribution in [0.15, 0.2) is 18.2 Å². The molecule has 0 aliphatic carbocycles. The molecule has 1 N–H and O–H groups in total. The molecule has 20 heavy (non-hydrogen) atoms. The molecule has 1 rings (SSSR count). The Balaban J connectivity index is 2.90. The van der Waals surface area contributed by atoms with Gasteiger partial charge in [-0.25, -0.2) is 4.79 Å². The van der Waals surface area contributed by atoms with Crippen LogP contribution in [0, 0.1) is 11.3 Å². The van der Waals surface area contributed by atoms with E-state index in [-0.39, 0.29) is 0 Å². The topological polar surface area (TPSA) is 62.1 Å². The molecule has 0 unspecified atom stereocenters. The average molecular weight is 274 g/mol. The molecule has 4 nitrogen and oxygen atoms in total. The van der Waals surface area contributed by atoms with Gasteiger partial charge in [0.05, 0.1) is 11.6 Å². The number of amides is 1. The number of nitrogens with zero attached hydrogens (tertiary/aromatic N) is 1. The number of anilines is 1. The molecule has 1 aromatic rings. The number of nitriles is 1. The third kappa shape index (κ3) is 5.31. The van der Waals surface area contributed by atoms with Crippen LogP contribution in [-0.2, 0) is 11.2 Å². The zero-order valence-corrected chi connectivity index (χ0v) is 12.6. The first kappa shape index (κ1) is 16.0. The Labute approximate surface area is 120 Å². The summed E-state index contributed by atoms with van der Waals surface area (Å²) in [4.78, 5) is 11.8. The first-order valence-corrected chi connectivity index (χ1v) is 6.88. The molecule has 0 aliphatic rings. The first-order chi connectivity index (χ1) is 9.35. The van der Waals surface area contributed by atoms with Crippen molar-refractivity contribution in [3.8, 4) is 6.07 Å². The summed E-state index contributed by atoms with van der Waals surface area (Å²) in [6, 6.07) is 7.43. The van der Waals surface area contributed by atoms with Gasteiger partial charge in [0.2, 0.25) is 0 Å². The molecule has 4 heteroatoms. The maximum Gasteiger partial charge on any atom is 0.412 e. The van der Waals surface area contributed by atoms with Gasteiger partial charge in [0.15, 0.2) is 0 Å². The van der Waals surface area contributed by atoms with Crippen LogP contribution in [0.25, 0.3) is 0 Å². The van der Waals surface area contributed by atoms with Crippen molar-refractivity contribution in [2.45, 2.75) is 52.6 Å².